The molecule has 1 aromatic heterocycles. The Morgan fingerprint density at radius 2 is 2.13 bits per heavy atom. The zero-order valence-corrected chi connectivity index (χ0v) is 13.5. The first kappa shape index (κ1) is 15.5. The summed E-state index contributed by atoms with van der Waals surface area (Å²) < 4.78 is 5.03. The van der Waals surface area contributed by atoms with Gasteiger partial charge in [-0.3, -0.25) is 15.0 Å². The van der Waals surface area contributed by atoms with Crippen molar-refractivity contribution >= 4 is 17.4 Å². The molecule has 1 aliphatic rings. The Balaban J connectivity index is 1.60. The number of benzene rings is 1. The van der Waals surface area contributed by atoms with E-state index in [0.717, 1.165) is 25.2 Å². The minimum absolute atomic E-state index is 0.0716. The number of carbonyl (C=O) groups is 1. The maximum absolute atomic E-state index is 12.3. The molecular formula is C18H21N3O2. The lowest BCUT2D eigenvalue weighted by Crippen LogP contribution is -2.43. The molecule has 0 spiro atoms. The van der Waals surface area contributed by atoms with Gasteiger partial charge in [0, 0.05) is 19.2 Å². The minimum Gasteiger partial charge on any atom is -0.338 e. The van der Waals surface area contributed by atoms with Crippen molar-refractivity contribution in [1.29, 1.82) is 0 Å². The lowest BCUT2D eigenvalue weighted by atomic mass is 9.99. The van der Waals surface area contributed by atoms with Crippen LogP contribution in [-0.2, 0) is 4.79 Å². The molecule has 0 saturated heterocycles. The number of aryl methyl sites for hydroxylation is 1. The van der Waals surface area contributed by atoms with Gasteiger partial charge in [-0.15, -0.1) is 0 Å². The highest BCUT2D eigenvalue weighted by Crippen LogP contribution is 2.23. The smallest absolute Gasteiger partial charge is 0.243 e. The van der Waals surface area contributed by atoms with Crippen molar-refractivity contribution in [2.24, 2.45) is 0 Å². The van der Waals surface area contributed by atoms with E-state index in [9.17, 15) is 4.79 Å². The average molecular weight is 311 g/mol. The summed E-state index contributed by atoms with van der Waals surface area (Å²) >= 11 is 0. The Hall–Kier alpha value is -2.40. The van der Waals surface area contributed by atoms with Gasteiger partial charge in [0.2, 0.25) is 11.8 Å². The van der Waals surface area contributed by atoms with Crippen molar-refractivity contribution in [2.45, 2.75) is 26.3 Å². The normalized spacial score (nSPS) is 16.7. The number of aromatic nitrogens is 1. The van der Waals surface area contributed by atoms with Crippen molar-refractivity contribution in [3.8, 4) is 0 Å². The van der Waals surface area contributed by atoms with Crippen LogP contribution in [0, 0.1) is 6.92 Å². The molecule has 2 heterocycles. The molecule has 5 heteroatoms. The quantitative estimate of drug-likeness (QED) is 0.942. The highest BCUT2D eigenvalue weighted by molar-refractivity contribution is 5.93. The largest absolute Gasteiger partial charge is 0.338 e. The summed E-state index contributed by atoms with van der Waals surface area (Å²) in [5, 5.41) is 6.54. The molecule has 0 saturated carbocycles. The standard InChI is InChI=1S/C18H21N3O2/c1-13-12-17(23-20-13)19-18(22)14(2)21-10-8-16(9-11-21)15-6-4-3-5-7-15/h3-8,12,14H,9-11H2,1-2H3,(H,19,22)/t14-/m1/s1. The van der Waals surface area contributed by atoms with Gasteiger partial charge in [-0.1, -0.05) is 41.6 Å². The molecule has 120 valence electrons. The summed E-state index contributed by atoms with van der Waals surface area (Å²) in [7, 11) is 0. The van der Waals surface area contributed by atoms with Crippen LogP contribution in [0.5, 0.6) is 0 Å². The summed E-state index contributed by atoms with van der Waals surface area (Å²) in [6.45, 7) is 5.38. The fourth-order valence-electron chi connectivity index (χ4n) is 2.77. The van der Waals surface area contributed by atoms with Crippen LogP contribution in [0.3, 0.4) is 0 Å². The second-order valence-corrected chi connectivity index (χ2v) is 5.84. The zero-order chi connectivity index (χ0) is 16.2. The first-order valence-corrected chi connectivity index (χ1v) is 7.86. The first-order chi connectivity index (χ1) is 11.1. The van der Waals surface area contributed by atoms with E-state index >= 15 is 0 Å². The number of anilines is 1. The molecule has 0 bridgehead atoms. The molecule has 1 N–H and O–H groups in total. The highest BCUT2D eigenvalue weighted by atomic mass is 16.5. The molecular weight excluding hydrogens is 290 g/mol. The monoisotopic (exact) mass is 311 g/mol. The molecule has 0 fully saturated rings. The Labute approximate surface area is 136 Å². The van der Waals surface area contributed by atoms with E-state index in [1.807, 2.05) is 19.9 Å². The number of amides is 1. The third-order valence-corrected chi connectivity index (χ3v) is 4.19. The summed E-state index contributed by atoms with van der Waals surface area (Å²) in [5.74, 6) is 0.328. The first-order valence-electron chi connectivity index (χ1n) is 7.86. The maximum Gasteiger partial charge on any atom is 0.243 e. The molecule has 23 heavy (non-hydrogen) atoms. The van der Waals surface area contributed by atoms with Crippen LogP contribution in [-0.4, -0.2) is 35.1 Å². The van der Waals surface area contributed by atoms with Crippen LogP contribution in [0.25, 0.3) is 5.57 Å². The van der Waals surface area contributed by atoms with E-state index in [1.54, 1.807) is 6.07 Å². The van der Waals surface area contributed by atoms with E-state index in [-0.39, 0.29) is 11.9 Å². The van der Waals surface area contributed by atoms with E-state index in [2.05, 4.69) is 45.7 Å². The van der Waals surface area contributed by atoms with Crippen LogP contribution in [0.4, 0.5) is 5.88 Å². The van der Waals surface area contributed by atoms with E-state index < -0.39 is 0 Å². The fourth-order valence-corrected chi connectivity index (χ4v) is 2.77. The van der Waals surface area contributed by atoms with Gasteiger partial charge in [-0.2, -0.15) is 0 Å². The molecule has 1 atom stereocenters. The Morgan fingerprint density at radius 1 is 1.35 bits per heavy atom. The van der Waals surface area contributed by atoms with Gasteiger partial charge in [-0.25, -0.2) is 0 Å². The van der Waals surface area contributed by atoms with Gasteiger partial charge in [0.15, 0.2) is 0 Å². The third kappa shape index (κ3) is 3.68. The second kappa shape index (κ2) is 6.79. The molecule has 0 radical (unpaired) electrons. The van der Waals surface area contributed by atoms with Crippen molar-refractivity contribution in [3.05, 3.63) is 53.7 Å². The van der Waals surface area contributed by atoms with Crippen molar-refractivity contribution in [2.75, 3.05) is 18.4 Å². The number of carbonyl (C=O) groups excluding carboxylic acids is 1. The predicted molar refractivity (Wildman–Crippen MR) is 89.9 cm³/mol. The summed E-state index contributed by atoms with van der Waals surface area (Å²) in [4.78, 5) is 14.5. The molecule has 0 unspecified atom stereocenters. The number of nitrogens with one attached hydrogen (secondary N) is 1. The molecule has 5 nitrogen and oxygen atoms in total. The molecule has 1 aliphatic heterocycles. The predicted octanol–water partition coefficient (Wildman–Crippen LogP) is 3.10. The average Bonchev–Trinajstić information content (AvgIpc) is 3.00. The Kier molecular flexibility index (Phi) is 4.57. The SMILES string of the molecule is Cc1cc(NC(=O)[C@@H](C)N2CC=C(c3ccccc3)CC2)on1. The van der Waals surface area contributed by atoms with Crippen molar-refractivity contribution in [3.63, 3.8) is 0 Å². The highest BCUT2D eigenvalue weighted by Gasteiger charge is 2.24. The van der Waals surface area contributed by atoms with Crippen LogP contribution in [0.2, 0.25) is 0 Å². The van der Waals surface area contributed by atoms with Gasteiger partial charge in [0.1, 0.15) is 0 Å². The van der Waals surface area contributed by atoms with Gasteiger partial charge >= 0.3 is 0 Å². The Bertz CT molecular complexity index is 706. The summed E-state index contributed by atoms with van der Waals surface area (Å²) in [5.41, 5.74) is 3.36. The van der Waals surface area contributed by atoms with Gasteiger partial charge in [0.05, 0.1) is 11.7 Å². The molecule has 1 aromatic carbocycles. The lowest BCUT2D eigenvalue weighted by molar-refractivity contribution is -0.120. The number of hydrogen-bond donors (Lipinski definition) is 1. The lowest BCUT2D eigenvalue weighted by Gasteiger charge is -2.30. The third-order valence-electron chi connectivity index (χ3n) is 4.19. The van der Waals surface area contributed by atoms with Gasteiger partial charge < -0.3 is 4.52 Å². The Morgan fingerprint density at radius 3 is 2.74 bits per heavy atom. The topological polar surface area (TPSA) is 58.4 Å². The van der Waals surface area contributed by atoms with Crippen molar-refractivity contribution in [1.82, 2.24) is 10.1 Å². The van der Waals surface area contributed by atoms with Crippen LogP contribution >= 0.6 is 0 Å². The van der Waals surface area contributed by atoms with Crippen LogP contribution < -0.4 is 5.32 Å². The van der Waals surface area contributed by atoms with Crippen LogP contribution in [0.15, 0.2) is 47.0 Å². The van der Waals surface area contributed by atoms with Crippen molar-refractivity contribution < 1.29 is 9.32 Å². The minimum atomic E-state index is -0.214. The maximum atomic E-state index is 12.3. The molecule has 0 aliphatic carbocycles. The molecule has 3 rings (SSSR count). The summed E-state index contributed by atoms with van der Waals surface area (Å²) in [6.07, 6.45) is 3.16. The van der Waals surface area contributed by atoms with Crippen LogP contribution in [0.1, 0.15) is 24.6 Å². The number of nitrogens with zero attached hydrogens (tertiary/aromatic N) is 2. The van der Waals surface area contributed by atoms with E-state index in [4.69, 9.17) is 4.52 Å². The van der Waals surface area contributed by atoms with Gasteiger partial charge in [0.25, 0.3) is 0 Å². The second-order valence-electron chi connectivity index (χ2n) is 5.84. The number of hydrogen-bond acceptors (Lipinski definition) is 4. The fraction of sp³-hybridized carbons (Fsp3) is 0.333. The zero-order valence-electron chi connectivity index (χ0n) is 13.5. The van der Waals surface area contributed by atoms with Gasteiger partial charge in [-0.05, 0) is 31.4 Å². The molecule has 1 amide bonds. The number of rotatable bonds is 4. The molecule has 2 aromatic rings. The van der Waals surface area contributed by atoms with E-state index in [1.165, 1.54) is 11.1 Å². The van der Waals surface area contributed by atoms with E-state index in [0.29, 0.717) is 5.88 Å². The summed E-state index contributed by atoms with van der Waals surface area (Å²) in [6, 6.07) is 11.9.